The molecule has 2 aromatic carbocycles. The van der Waals surface area contributed by atoms with Crippen LogP contribution in [0.4, 0.5) is 0 Å². The van der Waals surface area contributed by atoms with Gasteiger partial charge in [-0.3, -0.25) is 9.69 Å². The van der Waals surface area contributed by atoms with E-state index in [1.165, 1.54) is 18.4 Å². The SMILES string of the molecule is COc1ccccc1C(=O)C1CC2CCC(C1)N2Cc1ccccc1. The summed E-state index contributed by atoms with van der Waals surface area (Å²) >= 11 is 0. The van der Waals surface area contributed by atoms with Gasteiger partial charge in [-0.05, 0) is 43.4 Å². The number of hydrogen-bond acceptors (Lipinski definition) is 3. The predicted octanol–water partition coefficient (Wildman–Crippen LogP) is 4.32. The van der Waals surface area contributed by atoms with Crippen LogP contribution in [0.1, 0.15) is 41.6 Å². The van der Waals surface area contributed by atoms with E-state index in [-0.39, 0.29) is 11.7 Å². The number of rotatable bonds is 5. The highest BCUT2D eigenvalue weighted by Crippen LogP contribution is 2.41. The largest absolute Gasteiger partial charge is 0.496 e. The first-order valence-corrected chi connectivity index (χ1v) is 9.23. The van der Waals surface area contributed by atoms with Gasteiger partial charge in [0.05, 0.1) is 12.7 Å². The Morgan fingerprint density at radius 2 is 1.64 bits per heavy atom. The molecule has 3 heteroatoms. The summed E-state index contributed by atoms with van der Waals surface area (Å²) in [6.45, 7) is 1.01. The van der Waals surface area contributed by atoms with Crippen LogP contribution in [0.15, 0.2) is 54.6 Å². The second-order valence-corrected chi connectivity index (χ2v) is 7.28. The topological polar surface area (TPSA) is 29.5 Å². The zero-order valence-corrected chi connectivity index (χ0v) is 14.7. The lowest BCUT2D eigenvalue weighted by Crippen LogP contribution is -2.44. The Balaban J connectivity index is 1.49. The molecule has 2 unspecified atom stereocenters. The molecule has 0 N–H and O–H groups in total. The van der Waals surface area contributed by atoms with Gasteiger partial charge in [0.25, 0.3) is 0 Å². The number of methoxy groups -OCH3 is 1. The van der Waals surface area contributed by atoms with E-state index in [1.807, 2.05) is 24.3 Å². The second kappa shape index (κ2) is 7.01. The molecular formula is C22H25NO2. The summed E-state index contributed by atoms with van der Waals surface area (Å²) in [6.07, 6.45) is 4.38. The Labute approximate surface area is 149 Å². The summed E-state index contributed by atoms with van der Waals surface area (Å²) in [5.74, 6) is 1.08. The molecule has 0 amide bonds. The molecule has 25 heavy (non-hydrogen) atoms. The number of fused-ring (bicyclic) bond motifs is 2. The quantitative estimate of drug-likeness (QED) is 0.762. The molecule has 0 radical (unpaired) electrons. The van der Waals surface area contributed by atoms with Crippen LogP contribution in [0.2, 0.25) is 0 Å². The van der Waals surface area contributed by atoms with Crippen molar-refractivity contribution in [1.82, 2.24) is 4.90 Å². The van der Waals surface area contributed by atoms with Crippen LogP contribution in [0.3, 0.4) is 0 Å². The van der Waals surface area contributed by atoms with E-state index in [0.29, 0.717) is 17.8 Å². The summed E-state index contributed by atoms with van der Waals surface area (Å²) in [7, 11) is 1.64. The minimum atomic E-state index is 0.126. The van der Waals surface area contributed by atoms with Crippen LogP contribution < -0.4 is 4.74 Å². The maximum Gasteiger partial charge on any atom is 0.169 e. The molecule has 130 valence electrons. The summed E-state index contributed by atoms with van der Waals surface area (Å²) in [5.41, 5.74) is 2.11. The average molecular weight is 335 g/mol. The maximum atomic E-state index is 13.1. The molecule has 2 aromatic rings. The van der Waals surface area contributed by atoms with Crippen molar-refractivity contribution >= 4 is 5.78 Å². The van der Waals surface area contributed by atoms with Crippen molar-refractivity contribution in [3.63, 3.8) is 0 Å². The molecule has 2 heterocycles. The number of hydrogen-bond donors (Lipinski definition) is 0. The highest BCUT2D eigenvalue weighted by atomic mass is 16.5. The van der Waals surface area contributed by atoms with Crippen LogP contribution in [0.25, 0.3) is 0 Å². The number of nitrogens with zero attached hydrogens (tertiary/aromatic N) is 1. The zero-order chi connectivity index (χ0) is 17.2. The van der Waals surface area contributed by atoms with Gasteiger partial charge in [0.15, 0.2) is 5.78 Å². The van der Waals surface area contributed by atoms with E-state index in [4.69, 9.17) is 4.74 Å². The van der Waals surface area contributed by atoms with Gasteiger partial charge >= 0.3 is 0 Å². The first-order chi connectivity index (χ1) is 12.3. The van der Waals surface area contributed by atoms with E-state index in [1.54, 1.807) is 7.11 Å². The lowest BCUT2D eigenvalue weighted by atomic mass is 9.84. The molecule has 2 saturated heterocycles. The summed E-state index contributed by atoms with van der Waals surface area (Å²) in [4.78, 5) is 15.7. The van der Waals surface area contributed by atoms with Crippen molar-refractivity contribution in [2.45, 2.75) is 44.3 Å². The van der Waals surface area contributed by atoms with Crippen molar-refractivity contribution in [3.05, 3.63) is 65.7 Å². The highest BCUT2D eigenvalue weighted by Gasteiger charge is 2.43. The van der Waals surface area contributed by atoms with Crippen LogP contribution in [0.5, 0.6) is 5.75 Å². The van der Waals surface area contributed by atoms with Crippen LogP contribution in [0, 0.1) is 5.92 Å². The second-order valence-electron chi connectivity index (χ2n) is 7.28. The van der Waals surface area contributed by atoms with Gasteiger partial charge < -0.3 is 4.74 Å². The third-order valence-electron chi connectivity index (χ3n) is 5.84. The van der Waals surface area contributed by atoms with Crippen molar-refractivity contribution < 1.29 is 9.53 Å². The number of carbonyl (C=O) groups excluding carboxylic acids is 1. The summed E-state index contributed by atoms with van der Waals surface area (Å²) < 4.78 is 5.40. The Morgan fingerprint density at radius 1 is 1.00 bits per heavy atom. The van der Waals surface area contributed by atoms with Crippen molar-refractivity contribution in [1.29, 1.82) is 0 Å². The Kier molecular flexibility index (Phi) is 4.58. The van der Waals surface area contributed by atoms with Gasteiger partial charge in [0.2, 0.25) is 0 Å². The fourth-order valence-electron chi connectivity index (χ4n) is 4.61. The van der Waals surface area contributed by atoms with Gasteiger partial charge in [-0.25, -0.2) is 0 Å². The molecule has 2 aliphatic rings. The predicted molar refractivity (Wildman–Crippen MR) is 98.8 cm³/mol. The number of piperidine rings is 1. The minimum absolute atomic E-state index is 0.126. The van der Waals surface area contributed by atoms with Crippen molar-refractivity contribution in [2.75, 3.05) is 7.11 Å². The van der Waals surface area contributed by atoms with Gasteiger partial charge in [-0.15, -0.1) is 0 Å². The zero-order valence-electron chi connectivity index (χ0n) is 14.7. The Morgan fingerprint density at radius 3 is 2.32 bits per heavy atom. The van der Waals surface area contributed by atoms with Crippen molar-refractivity contribution in [3.8, 4) is 5.75 Å². The summed E-state index contributed by atoms with van der Waals surface area (Å²) in [5, 5.41) is 0. The van der Waals surface area contributed by atoms with Crippen LogP contribution in [-0.2, 0) is 6.54 Å². The van der Waals surface area contributed by atoms with Crippen molar-refractivity contribution in [2.24, 2.45) is 5.92 Å². The molecule has 2 fully saturated rings. The maximum absolute atomic E-state index is 13.1. The Bertz CT molecular complexity index is 729. The molecule has 4 rings (SSSR count). The van der Waals surface area contributed by atoms with E-state index in [0.717, 1.165) is 24.9 Å². The number of ether oxygens (including phenoxy) is 1. The number of carbonyl (C=O) groups is 1. The monoisotopic (exact) mass is 335 g/mol. The standard InChI is InChI=1S/C22H25NO2/c1-25-21-10-6-5-9-20(21)22(24)17-13-18-11-12-19(14-17)23(18)15-16-7-3-2-4-8-16/h2-10,17-19H,11-15H2,1H3. The highest BCUT2D eigenvalue weighted by molar-refractivity contribution is 6.00. The van der Waals surface area contributed by atoms with Gasteiger partial charge in [-0.1, -0.05) is 42.5 Å². The molecule has 2 atom stereocenters. The fourth-order valence-corrected chi connectivity index (χ4v) is 4.61. The van der Waals surface area contributed by atoms with E-state index in [2.05, 4.69) is 35.2 Å². The average Bonchev–Trinajstić information content (AvgIpc) is 2.89. The molecule has 2 bridgehead atoms. The third-order valence-corrected chi connectivity index (χ3v) is 5.84. The van der Waals surface area contributed by atoms with E-state index >= 15 is 0 Å². The third kappa shape index (κ3) is 3.21. The summed E-state index contributed by atoms with van der Waals surface area (Å²) in [6, 6.07) is 19.4. The van der Waals surface area contributed by atoms with E-state index in [9.17, 15) is 4.79 Å². The molecule has 2 aliphatic heterocycles. The number of benzene rings is 2. The molecule has 0 aromatic heterocycles. The number of para-hydroxylation sites is 1. The van der Waals surface area contributed by atoms with Gasteiger partial charge in [0.1, 0.15) is 5.75 Å². The lowest BCUT2D eigenvalue weighted by molar-refractivity contribution is 0.0676. The van der Waals surface area contributed by atoms with Gasteiger partial charge in [-0.2, -0.15) is 0 Å². The van der Waals surface area contributed by atoms with Gasteiger partial charge in [0, 0.05) is 24.5 Å². The smallest absolute Gasteiger partial charge is 0.169 e. The fraction of sp³-hybridized carbons (Fsp3) is 0.409. The molecular weight excluding hydrogens is 310 g/mol. The lowest BCUT2D eigenvalue weighted by Gasteiger charge is -2.38. The number of Topliss-reactive ketones (excluding diaryl/α,β-unsaturated/α-hetero) is 1. The first kappa shape index (κ1) is 16.3. The Hall–Kier alpha value is -2.13. The molecule has 3 nitrogen and oxygen atoms in total. The van der Waals surface area contributed by atoms with E-state index < -0.39 is 0 Å². The minimum Gasteiger partial charge on any atom is -0.496 e. The molecule has 0 saturated carbocycles. The molecule has 0 spiro atoms. The number of ketones is 1. The van der Waals surface area contributed by atoms with Crippen LogP contribution in [-0.4, -0.2) is 29.9 Å². The van der Waals surface area contributed by atoms with Crippen LogP contribution >= 0.6 is 0 Å². The first-order valence-electron chi connectivity index (χ1n) is 9.23. The normalized spacial score (nSPS) is 25.7. The molecule has 0 aliphatic carbocycles.